The number of likely N-dealkylation sites (tertiary alicyclic amines) is 1. The van der Waals surface area contributed by atoms with E-state index in [1.165, 1.54) is 12.1 Å². The molecular formula is C23H25Cl2FN2O4S. The Hall–Kier alpha value is -1.87. The molecule has 6 nitrogen and oxygen atoms in total. The molecule has 1 atom stereocenters. The summed E-state index contributed by atoms with van der Waals surface area (Å²) in [5, 5.41) is 1.03. The molecule has 10 heteroatoms. The maximum atomic E-state index is 14.8. The highest BCUT2D eigenvalue weighted by atomic mass is 35.5. The zero-order valence-corrected chi connectivity index (χ0v) is 20.4. The van der Waals surface area contributed by atoms with Crippen LogP contribution in [-0.2, 0) is 16.6 Å². The van der Waals surface area contributed by atoms with Gasteiger partial charge < -0.3 is 4.74 Å². The summed E-state index contributed by atoms with van der Waals surface area (Å²) in [4.78, 5) is 14.5. The quantitative estimate of drug-likeness (QED) is 0.577. The van der Waals surface area contributed by atoms with Crippen LogP contribution in [-0.4, -0.2) is 44.7 Å². The van der Waals surface area contributed by atoms with Gasteiger partial charge in [0.1, 0.15) is 17.7 Å². The Morgan fingerprint density at radius 2 is 1.94 bits per heavy atom. The minimum absolute atomic E-state index is 0.130. The Kier molecular flexibility index (Phi) is 7.19. The zero-order chi connectivity index (χ0) is 23.8. The van der Waals surface area contributed by atoms with E-state index in [2.05, 4.69) is 4.90 Å². The number of carbonyl (C=O) groups excluding carboxylic acids is 1. The van der Waals surface area contributed by atoms with E-state index in [4.69, 9.17) is 27.9 Å². The first-order valence-electron chi connectivity index (χ1n) is 10.8. The predicted molar refractivity (Wildman–Crippen MR) is 126 cm³/mol. The third-order valence-electron chi connectivity index (χ3n) is 5.79. The Bertz CT molecular complexity index is 1170. The number of hydrogen-bond acceptors (Lipinski definition) is 5. The number of carbonyl (C=O) groups is 1. The number of halogens is 3. The van der Waals surface area contributed by atoms with E-state index < -0.39 is 21.7 Å². The summed E-state index contributed by atoms with van der Waals surface area (Å²) in [6, 6.07) is 8.22. The molecule has 0 radical (unpaired) electrons. The van der Waals surface area contributed by atoms with E-state index in [0.717, 1.165) is 49.6 Å². The maximum Gasteiger partial charge on any atom is 0.267 e. The van der Waals surface area contributed by atoms with Gasteiger partial charge in [0.15, 0.2) is 0 Å². The van der Waals surface area contributed by atoms with Crippen LogP contribution in [0.5, 0.6) is 5.75 Å². The highest BCUT2D eigenvalue weighted by molar-refractivity contribution is 7.89. The summed E-state index contributed by atoms with van der Waals surface area (Å²) in [5.74, 6) is -1.18. The van der Waals surface area contributed by atoms with Gasteiger partial charge >= 0.3 is 0 Å². The monoisotopic (exact) mass is 514 g/mol. The molecule has 1 saturated heterocycles. The molecule has 2 aromatic rings. The molecule has 1 aliphatic heterocycles. The Morgan fingerprint density at radius 1 is 1.18 bits per heavy atom. The Morgan fingerprint density at radius 3 is 2.61 bits per heavy atom. The minimum atomic E-state index is -3.79. The first-order valence-corrected chi connectivity index (χ1v) is 13.4. The number of rotatable bonds is 7. The lowest BCUT2D eigenvalue weighted by Crippen LogP contribution is -2.40. The molecule has 0 unspecified atom stereocenters. The van der Waals surface area contributed by atoms with E-state index in [9.17, 15) is 17.6 Å². The number of benzene rings is 2. The molecule has 33 heavy (non-hydrogen) atoms. The first-order chi connectivity index (χ1) is 15.6. The number of hydrogen-bond donors (Lipinski definition) is 1. The van der Waals surface area contributed by atoms with E-state index in [1.54, 1.807) is 6.07 Å². The Balaban J connectivity index is 1.49. The van der Waals surface area contributed by atoms with Crippen LogP contribution in [0.1, 0.15) is 53.1 Å². The fourth-order valence-electron chi connectivity index (χ4n) is 4.11. The van der Waals surface area contributed by atoms with E-state index in [-0.39, 0.29) is 17.6 Å². The highest BCUT2D eigenvalue weighted by Gasteiger charge is 2.31. The van der Waals surface area contributed by atoms with Crippen molar-refractivity contribution in [3.05, 3.63) is 62.9 Å². The molecule has 1 aliphatic carbocycles. The van der Waals surface area contributed by atoms with E-state index in [1.807, 2.05) is 16.9 Å². The standard InChI is InChI=1S/C23H25Cl2FN2O4S/c1-33(30,31)27-23(29)18-10-17(15-5-6-15)22(11-21(18)26)32-16-3-2-8-28(13-16)12-14-4-7-19(24)20(25)9-14/h4,7,9-11,15-16H,2-3,5-6,8,12-13H2,1H3,(H,27,29)/t16-/m1/s1. The second-order valence-corrected chi connectivity index (χ2v) is 11.3. The van der Waals surface area contributed by atoms with Crippen LogP contribution < -0.4 is 9.46 Å². The van der Waals surface area contributed by atoms with Gasteiger partial charge in [0.05, 0.1) is 21.9 Å². The van der Waals surface area contributed by atoms with Crippen molar-refractivity contribution in [1.29, 1.82) is 0 Å². The molecule has 1 saturated carbocycles. The van der Waals surface area contributed by atoms with Gasteiger partial charge in [-0.3, -0.25) is 9.69 Å². The molecule has 0 aromatic heterocycles. The molecule has 0 bridgehead atoms. The van der Waals surface area contributed by atoms with Crippen LogP contribution in [0, 0.1) is 5.82 Å². The summed E-state index contributed by atoms with van der Waals surface area (Å²) in [6.45, 7) is 2.28. The summed E-state index contributed by atoms with van der Waals surface area (Å²) < 4.78 is 45.6. The van der Waals surface area contributed by atoms with Gasteiger partial charge in [0, 0.05) is 19.2 Å². The predicted octanol–water partition coefficient (Wildman–Crippen LogP) is 4.74. The third kappa shape index (κ3) is 6.38. The number of amides is 1. The molecule has 178 valence electrons. The first kappa shape index (κ1) is 24.3. The molecule has 2 aliphatic rings. The van der Waals surface area contributed by atoms with Crippen LogP contribution in [0.3, 0.4) is 0 Å². The van der Waals surface area contributed by atoms with Crippen molar-refractivity contribution in [2.24, 2.45) is 0 Å². The largest absolute Gasteiger partial charge is 0.489 e. The SMILES string of the molecule is CS(=O)(=O)NC(=O)c1cc(C2CC2)c(O[C@@H]2CCCN(Cc3ccc(Cl)c(Cl)c3)C2)cc1F. The van der Waals surface area contributed by atoms with Gasteiger partial charge in [-0.05, 0) is 67.5 Å². The average molecular weight is 515 g/mol. The highest BCUT2D eigenvalue weighted by Crippen LogP contribution is 2.45. The van der Waals surface area contributed by atoms with Crippen molar-refractivity contribution in [2.75, 3.05) is 19.3 Å². The zero-order valence-electron chi connectivity index (χ0n) is 18.1. The van der Waals surface area contributed by atoms with E-state index >= 15 is 0 Å². The van der Waals surface area contributed by atoms with Crippen molar-refractivity contribution < 1.29 is 22.3 Å². The second-order valence-electron chi connectivity index (χ2n) is 8.71. The number of sulfonamides is 1. The van der Waals surface area contributed by atoms with Gasteiger partial charge in [-0.1, -0.05) is 29.3 Å². The molecule has 1 N–H and O–H groups in total. The van der Waals surface area contributed by atoms with Crippen molar-refractivity contribution in [2.45, 2.75) is 44.2 Å². The molecule has 0 spiro atoms. The third-order valence-corrected chi connectivity index (χ3v) is 7.08. The topological polar surface area (TPSA) is 75.7 Å². The van der Waals surface area contributed by atoms with Crippen molar-refractivity contribution >= 4 is 39.1 Å². The van der Waals surface area contributed by atoms with Gasteiger partial charge in [-0.15, -0.1) is 0 Å². The minimum Gasteiger partial charge on any atom is -0.489 e. The lowest BCUT2D eigenvalue weighted by Gasteiger charge is -2.33. The van der Waals surface area contributed by atoms with Gasteiger partial charge in [0.2, 0.25) is 10.0 Å². The van der Waals surface area contributed by atoms with E-state index in [0.29, 0.717) is 28.9 Å². The van der Waals surface area contributed by atoms with Gasteiger partial charge in [-0.25, -0.2) is 17.5 Å². The molecular weight excluding hydrogens is 490 g/mol. The molecule has 4 rings (SSSR count). The molecule has 2 aromatic carbocycles. The van der Waals surface area contributed by atoms with Crippen molar-refractivity contribution in [3.63, 3.8) is 0 Å². The number of piperidine rings is 1. The second kappa shape index (κ2) is 9.78. The Labute approximate surface area is 203 Å². The van der Waals surface area contributed by atoms with Gasteiger partial charge in [-0.2, -0.15) is 0 Å². The van der Waals surface area contributed by atoms with Crippen molar-refractivity contribution in [3.8, 4) is 5.75 Å². The van der Waals surface area contributed by atoms with Crippen molar-refractivity contribution in [1.82, 2.24) is 9.62 Å². The number of nitrogens with one attached hydrogen (secondary N) is 1. The number of ether oxygens (including phenoxy) is 1. The normalized spacial score (nSPS) is 19.3. The summed E-state index contributed by atoms with van der Waals surface area (Å²) in [5.41, 5.74) is 1.51. The molecule has 1 heterocycles. The smallest absolute Gasteiger partial charge is 0.267 e. The summed E-state index contributed by atoms with van der Waals surface area (Å²) in [7, 11) is -3.79. The van der Waals surface area contributed by atoms with Crippen LogP contribution in [0.2, 0.25) is 10.0 Å². The van der Waals surface area contributed by atoms with Crippen LogP contribution in [0.15, 0.2) is 30.3 Å². The van der Waals surface area contributed by atoms with Crippen LogP contribution >= 0.6 is 23.2 Å². The average Bonchev–Trinajstić information content (AvgIpc) is 3.55. The van der Waals surface area contributed by atoms with Crippen LogP contribution in [0.25, 0.3) is 0 Å². The van der Waals surface area contributed by atoms with Crippen LogP contribution in [0.4, 0.5) is 4.39 Å². The van der Waals surface area contributed by atoms with Gasteiger partial charge in [0.25, 0.3) is 5.91 Å². The fraction of sp³-hybridized carbons (Fsp3) is 0.435. The summed E-state index contributed by atoms with van der Waals surface area (Å²) >= 11 is 12.1. The lowest BCUT2D eigenvalue weighted by atomic mass is 10.0. The number of nitrogens with zero attached hydrogens (tertiary/aromatic N) is 1. The maximum absolute atomic E-state index is 14.8. The fourth-order valence-corrected chi connectivity index (χ4v) is 4.88. The molecule has 1 amide bonds. The summed E-state index contributed by atoms with van der Waals surface area (Å²) in [6.07, 6.45) is 4.33. The molecule has 2 fully saturated rings. The lowest BCUT2D eigenvalue weighted by molar-refractivity contribution is 0.0832.